The molecule has 0 unspecified atom stereocenters. The number of hydrogen-bond donors (Lipinski definition) is 1. The molecule has 0 aliphatic heterocycles. The number of hydrogen-bond acceptors (Lipinski definition) is 4. The number of carbonyl (C=O) groups excluding carboxylic acids is 1. The Hall–Kier alpha value is -2.89. The first-order valence-electron chi connectivity index (χ1n) is 6.64. The first-order chi connectivity index (χ1) is 10.5. The van der Waals surface area contributed by atoms with E-state index in [0.717, 1.165) is 5.56 Å². The predicted octanol–water partition coefficient (Wildman–Crippen LogP) is 3.47. The molecule has 0 aliphatic carbocycles. The molecule has 6 heteroatoms. The van der Waals surface area contributed by atoms with Gasteiger partial charge in [-0.15, -0.1) is 0 Å². The minimum atomic E-state index is -0.499. The number of methoxy groups -OCH3 is 1. The maximum Gasteiger partial charge on any atom is 0.276 e. The SMILES string of the molecule is COc1c(C(=O)Nc2ccccc2C)ccc([N+](=O)[O-])c1C. The third kappa shape index (κ3) is 2.90. The number of nitrogens with one attached hydrogen (secondary N) is 1. The Kier molecular flexibility index (Phi) is 4.41. The Morgan fingerprint density at radius 2 is 1.86 bits per heavy atom. The number of carbonyl (C=O) groups is 1. The van der Waals surface area contributed by atoms with Gasteiger partial charge >= 0.3 is 0 Å². The summed E-state index contributed by atoms with van der Waals surface area (Å²) in [7, 11) is 1.39. The number of ether oxygens (including phenoxy) is 1. The number of para-hydroxylation sites is 1. The minimum Gasteiger partial charge on any atom is -0.495 e. The fraction of sp³-hybridized carbons (Fsp3) is 0.188. The zero-order valence-corrected chi connectivity index (χ0v) is 12.5. The van der Waals surface area contributed by atoms with Gasteiger partial charge in [0, 0.05) is 11.8 Å². The molecular weight excluding hydrogens is 284 g/mol. The Morgan fingerprint density at radius 1 is 1.18 bits per heavy atom. The van der Waals surface area contributed by atoms with Crippen LogP contribution in [-0.4, -0.2) is 17.9 Å². The highest BCUT2D eigenvalue weighted by Gasteiger charge is 2.22. The molecule has 1 N–H and O–H groups in total. The lowest BCUT2D eigenvalue weighted by Gasteiger charge is -2.13. The molecule has 0 spiro atoms. The molecule has 2 aromatic carbocycles. The summed E-state index contributed by atoms with van der Waals surface area (Å²) in [5.74, 6) is -0.163. The van der Waals surface area contributed by atoms with Crippen molar-refractivity contribution in [1.82, 2.24) is 0 Å². The molecule has 6 nitrogen and oxygen atoms in total. The lowest BCUT2D eigenvalue weighted by Crippen LogP contribution is -2.14. The van der Waals surface area contributed by atoms with Gasteiger partial charge in [0.15, 0.2) is 0 Å². The normalized spacial score (nSPS) is 10.1. The van der Waals surface area contributed by atoms with Gasteiger partial charge in [-0.05, 0) is 31.5 Å². The van der Waals surface area contributed by atoms with Crippen molar-refractivity contribution in [3.63, 3.8) is 0 Å². The summed E-state index contributed by atoms with van der Waals surface area (Å²) < 4.78 is 5.19. The van der Waals surface area contributed by atoms with E-state index in [1.165, 1.54) is 19.2 Å². The van der Waals surface area contributed by atoms with Gasteiger partial charge in [-0.1, -0.05) is 18.2 Å². The van der Waals surface area contributed by atoms with Crippen LogP contribution in [0.1, 0.15) is 21.5 Å². The van der Waals surface area contributed by atoms with Gasteiger partial charge in [-0.25, -0.2) is 0 Å². The average molecular weight is 300 g/mol. The van der Waals surface area contributed by atoms with E-state index in [1.807, 2.05) is 25.1 Å². The van der Waals surface area contributed by atoms with Gasteiger partial charge in [0.05, 0.1) is 23.2 Å². The molecule has 114 valence electrons. The zero-order chi connectivity index (χ0) is 16.3. The molecule has 0 radical (unpaired) electrons. The maximum atomic E-state index is 12.4. The number of anilines is 1. The highest BCUT2D eigenvalue weighted by Crippen LogP contribution is 2.31. The molecule has 0 aromatic heterocycles. The van der Waals surface area contributed by atoms with Crippen LogP contribution in [-0.2, 0) is 0 Å². The molecule has 0 fully saturated rings. The maximum absolute atomic E-state index is 12.4. The molecule has 1 amide bonds. The lowest BCUT2D eigenvalue weighted by atomic mass is 10.1. The zero-order valence-electron chi connectivity index (χ0n) is 12.5. The summed E-state index contributed by atoms with van der Waals surface area (Å²) in [6.45, 7) is 3.44. The van der Waals surface area contributed by atoms with Crippen molar-refractivity contribution >= 4 is 17.3 Å². The molecule has 2 aromatic rings. The summed E-state index contributed by atoms with van der Waals surface area (Å²) in [4.78, 5) is 22.9. The van der Waals surface area contributed by atoms with E-state index in [0.29, 0.717) is 11.3 Å². The van der Waals surface area contributed by atoms with Crippen LogP contribution in [0, 0.1) is 24.0 Å². The highest BCUT2D eigenvalue weighted by molar-refractivity contribution is 6.07. The average Bonchev–Trinajstić information content (AvgIpc) is 2.48. The van der Waals surface area contributed by atoms with Crippen LogP contribution in [0.15, 0.2) is 36.4 Å². The van der Waals surface area contributed by atoms with Crippen molar-refractivity contribution in [3.8, 4) is 5.75 Å². The van der Waals surface area contributed by atoms with Crippen LogP contribution in [0.5, 0.6) is 5.75 Å². The molecule has 0 bridgehead atoms. The van der Waals surface area contributed by atoms with Crippen LogP contribution >= 0.6 is 0 Å². The number of nitrogens with zero attached hydrogens (tertiary/aromatic N) is 1. The van der Waals surface area contributed by atoms with E-state index in [-0.39, 0.29) is 22.9 Å². The van der Waals surface area contributed by atoms with Crippen molar-refractivity contribution in [2.75, 3.05) is 12.4 Å². The van der Waals surface area contributed by atoms with E-state index in [4.69, 9.17) is 4.74 Å². The summed E-state index contributed by atoms with van der Waals surface area (Å²) in [6, 6.07) is 10.1. The van der Waals surface area contributed by atoms with Crippen LogP contribution < -0.4 is 10.1 Å². The van der Waals surface area contributed by atoms with E-state index in [1.54, 1.807) is 13.0 Å². The largest absolute Gasteiger partial charge is 0.495 e. The van der Waals surface area contributed by atoms with E-state index >= 15 is 0 Å². The number of nitro groups is 1. The first kappa shape index (κ1) is 15.5. The Morgan fingerprint density at radius 3 is 2.45 bits per heavy atom. The topological polar surface area (TPSA) is 81.5 Å². The van der Waals surface area contributed by atoms with Crippen molar-refractivity contribution in [3.05, 3.63) is 63.2 Å². The second-order valence-electron chi connectivity index (χ2n) is 4.82. The molecule has 0 saturated carbocycles. The van der Waals surface area contributed by atoms with E-state index in [2.05, 4.69) is 5.32 Å². The molecular formula is C16H16N2O4. The van der Waals surface area contributed by atoms with E-state index in [9.17, 15) is 14.9 Å². The van der Waals surface area contributed by atoms with Crippen molar-refractivity contribution in [2.24, 2.45) is 0 Å². The quantitative estimate of drug-likeness (QED) is 0.692. The molecule has 0 aliphatic rings. The van der Waals surface area contributed by atoms with Gasteiger partial charge in [-0.2, -0.15) is 0 Å². The smallest absolute Gasteiger partial charge is 0.276 e. The number of benzene rings is 2. The van der Waals surface area contributed by atoms with Gasteiger partial charge < -0.3 is 10.1 Å². The fourth-order valence-electron chi connectivity index (χ4n) is 2.22. The molecule has 22 heavy (non-hydrogen) atoms. The summed E-state index contributed by atoms with van der Waals surface area (Å²) >= 11 is 0. The highest BCUT2D eigenvalue weighted by atomic mass is 16.6. The minimum absolute atomic E-state index is 0.0794. The van der Waals surface area contributed by atoms with Crippen LogP contribution in [0.4, 0.5) is 11.4 Å². The van der Waals surface area contributed by atoms with Crippen LogP contribution in [0.25, 0.3) is 0 Å². The molecule has 0 saturated heterocycles. The van der Waals surface area contributed by atoms with Crippen molar-refractivity contribution in [1.29, 1.82) is 0 Å². The third-order valence-electron chi connectivity index (χ3n) is 3.42. The second kappa shape index (κ2) is 6.26. The molecule has 2 rings (SSSR count). The van der Waals surface area contributed by atoms with Gasteiger partial charge in [0.1, 0.15) is 5.75 Å². The molecule has 0 heterocycles. The summed E-state index contributed by atoms with van der Waals surface area (Å²) in [6.07, 6.45) is 0. The third-order valence-corrected chi connectivity index (χ3v) is 3.42. The molecule has 0 atom stereocenters. The number of aryl methyl sites for hydroxylation is 1. The number of rotatable bonds is 4. The Bertz CT molecular complexity index is 741. The second-order valence-corrected chi connectivity index (χ2v) is 4.82. The van der Waals surface area contributed by atoms with Crippen LogP contribution in [0.2, 0.25) is 0 Å². The Balaban J connectivity index is 2.40. The summed E-state index contributed by atoms with van der Waals surface area (Å²) in [5.41, 5.74) is 2.11. The van der Waals surface area contributed by atoms with E-state index < -0.39 is 4.92 Å². The number of nitro benzene ring substituents is 1. The lowest BCUT2D eigenvalue weighted by molar-refractivity contribution is -0.385. The monoisotopic (exact) mass is 300 g/mol. The standard InChI is InChI=1S/C16H16N2O4/c1-10-6-4-5-7-13(10)17-16(19)12-8-9-14(18(20)21)11(2)15(12)22-3/h4-9H,1-3H3,(H,17,19). The Labute approximate surface area is 127 Å². The van der Waals surface area contributed by atoms with Crippen molar-refractivity contribution < 1.29 is 14.5 Å². The first-order valence-corrected chi connectivity index (χ1v) is 6.64. The van der Waals surface area contributed by atoms with Crippen molar-refractivity contribution in [2.45, 2.75) is 13.8 Å². The summed E-state index contributed by atoms with van der Waals surface area (Å²) in [5, 5.41) is 13.7. The fourth-order valence-corrected chi connectivity index (χ4v) is 2.22. The predicted molar refractivity (Wildman–Crippen MR) is 83.5 cm³/mol. The number of amides is 1. The van der Waals surface area contributed by atoms with Crippen LogP contribution in [0.3, 0.4) is 0 Å². The van der Waals surface area contributed by atoms with Gasteiger partial charge in [0.25, 0.3) is 11.6 Å². The van der Waals surface area contributed by atoms with Gasteiger partial charge in [0.2, 0.25) is 0 Å². The van der Waals surface area contributed by atoms with Gasteiger partial charge in [-0.3, -0.25) is 14.9 Å².